The standard InChI is InChI=1S/C14H18N4/c1-10-4-3-5-11(2)12(10)8-13(18-15)14-9-16-6-7-17-14/h3-7,9,13,18H,8,15H2,1-2H3. The molecule has 4 nitrogen and oxygen atoms in total. The van der Waals surface area contributed by atoms with E-state index in [4.69, 9.17) is 5.84 Å². The number of aryl methyl sites for hydroxylation is 2. The van der Waals surface area contributed by atoms with Gasteiger partial charge in [-0.2, -0.15) is 0 Å². The first kappa shape index (κ1) is 12.7. The van der Waals surface area contributed by atoms with E-state index in [2.05, 4.69) is 47.4 Å². The van der Waals surface area contributed by atoms with Crippen molar-refractivity contribution in [1.29, 1.82) is 0 Å². The molecule has 18 heavy (non-hydrogen) atoms. The molecule has 1 aromatic heterocycles. The zero-order chi connectivity index (χ0) is 13.0. The Morgan fingerprint density at radius 3 is 2.50 bits per heavy atom. The Kier molecular flexibility index (Phi) is 4.02. The highest BCUT2D eigenvalue weighted by Crippen LogP contribution is 2.20. The number of nitrogens with zero attached hydrogens (tertiary/aromatic N) is 2. The Bertz CT molecular complexity index is 490. The highest BCUT2D eigenvalue weighted by atomic mass is 15.2. The van der Waals surface area contributed by atoms with Gasteiger partial charge >= 0.3 is 0 Å². The van der Waals surface area contributed by atoms with Crippen molar-refractivity contribution in [3.63, 3.8) is 0 Å². The van der Waals surface area contributed by atoms with Crippen LogP contribution in [0, 0.1) is 13.8 Å². The number of hydrogen-bond donors (Lipinski definition) is 2. The molecule has 0 saturated carbocycles. The Labute approximate surface area is 107 Å². The lowest BCUT2D eigenvalue weighted by atomic mass is 9.95. The molecule has 4 heteroatoms. The van der Waals surface area contributed by atoms with E-state index >= 15 is 0 Å². The maximum absolute atomic E-state index is 5.64. The number of hydrazine groups is 1. The molecule has 0 bridgehead atoms. The molecule has 2 aromatic rings. The third-order valence-electron chi connectivity index (χ3n) is 3.19. The summed E-state index contributed by atoms with van der Waals surface area (Å²) < 4.78 is 0. The van der Waals surface area contributed by atoms with Gasteiger partial charge in [0.05, 0.1) is 17.9 Å². The van der Waals surface area contributed by atoms with E-state index in [1.165, 1.54) is 16.7 Å². The normalized spacial score (nSPS) is 12.4. The minimum absolute atomic E-state index is 0.0153. The van der Waals surface area contributed by atoms with Gasteiger partial charge in [-0.15, -0.1) is 0 Å². The quantitative estimate of drug-likeness (QED) is 0.634. The fourth-order valence-electron chi connectivity index (χ4n) is 2.11. The summed E-state index contributed by atoms with van der Waals surface area (Å²) in [5.74, 6) is 5.64. The Morgan fingerprint density at radius 2 is 1.94 bits per heavy atom. The van der Waals surface area contributed by atoms with Crippen molar-refractivity contribution in [2.75, 3.05) is 0 Å². The second kappa shape index (κ2) is 5.71. The number of nitrogens with one attached hydrogen (secondary N) is 1. The van der Waals surface area contributed by atoms with Crippen LogP contribution in [0.5, 0.6) is 0 Å². The molecule has 0 radical (unpaired) electrons. The van der Waals surface area contributed by atoms with Crippen LogP contribution >= 0.6 is 0 Å². The van der Waals surface area contributed by atoms with Crippen LogP contribution in [-0.2, 0) is 6.42 Å². The zero-order valence-corrected chi connectivity index (χ0v) is 10.7. The number of benzene rings is 1. The molecule has 1 aromatic carbocycles. The lowest BCUT2D eigenvalue weighted by Gasteiger charge is -2.17. The molecule has 1 atom stereocenters. The van der Waals surface area contributed by atoms with Gasteiger partial charge in [-0.1, -0.05) is 18.2 Å². The minimum atomic E-state index is -0.0153. The summed E-state index contributed by atoms with van der Waals surface area (Å²) in [5, 5.41) is 0. The van der Waals surface area contributed by atoms with Gasteiger partial charge in [-0.05, 0) is 37.0 Å². The fourth-order valence-corrected chi connectivity index (χ4v) is 2.11. The number of hydrogen-bond acceptors (Lipinski definition) is 4. The average molecular weight is 242 g/mol. The van der Waals surface area contributed by atoms with E-state index in [0.717, 1.165) is 12.1 Å². The van der Waals surface area contributed by atoms with E-state index in [-0.39, 0.29) is 6.04 Å². The summed E-state index contributed by atoms with van der Waals surface area (Å²) in [4.78, 5) is 8.38. The van der Waals surface area contributed by atoms with E-state index in [0.29, 0.717) is 0 Å². The molecule has 94 valence electrons. The van der Waals surface area contributed by atoms with Crippen LogP contribution in [0.25, 0.3) is 0 Å². The van der Waals surface area contributed by atoms with Gasteiger partial charge in [0.15, 0.2) is 0 Å². The van der Waals surface area contributed by atoms with Gasteiger partial charge in [-0.3, -0.25) is 21.2 Å². The molecule has 0 fully saturated rings. The SMILES string of the molecule is Cc1cccc(C)c1CC(NN)c1cnccn1. The zero-order valence-electron chi connectivity index (χ0n) is 10.7. The molecule has 0 aliphatic carbocycles. The second-order valence-corrected chi connectivity index (χ2v) is 4.42. The van der Waals surface area contributed by atoms with Crippen molar-refractivity contribution in [1.82, 2.24) is 15.4 Å². The number of aromatic nitrogens is 2. The minimum Gasteiger partial charge on any atom is -0.271 e. The molecule has 0 saturated heterocycles. The van der Waals surface area contributed by atoms with Crippen molar-refractivity contribution in [2.24, 2.45) is 5.84 Å². The van der Waals surface area contributed by atoms with E-state index in [1.807, 2.05) is 0 Å². The van der Waals surface area contributed by atoms with Crippen LogP contribution in [0.3, 0.4) is 0 Å². The number of rotatable bonds is 4. The van der Waals surface area contributed by atoms with E-state index in [1.54, 1.807) is 18.6 Å². The lowest BCUT2D eigenvalue weighted by Crippen LogP contribution is -2.30. The molecule has 0 aliphatic rings. The van der Waals surface area contributed by atoms with Crippen LogP contribution in [0.2, 0.25) is 0 Å². The van der Waals surface area contributed by atoms with Crippen molar-refractivity contribution >= 4 is 0 Å². The predicted octanol–water partition coefficient (Wildman–Crippen LogP) is 1.84. The summed E-state index contributed by atoms with van der Waals surface area (Å²) in [6.45, 7) is 4.24. The fraction of sp³-hybridized carbons (Fsp3) is 0.286. The number of nitrogens with two attached hydrogens (primary N) is 1. The van der Waals surface area contributed by atoms with Crippen LogP contribution < -0.4 is 11.3 Å². The molecule has 3 N–H and O–H groups in total. The summed E-state index contributed by atoms with van der Waals surface area (Å²) in [5.41, 5.74) is 7.55. The molecule has 1 unspecified atom stereocenters. The molecule has 0 amide bonds. The monoisotopic (exact) mass is 242 g/mol. The first-order chi connectivity index (χ1) is 8.72. The summed E-state index contributed by atoms with van der Waals surface area (Å²) >= 11 is 0. The highest BCUT2D eigenvalue weighted by Gasteiger charge is 2.14. The van der Waals surface area contributed by atoms with Crippen molar-refractivity contribution in [2.45, 2.75) is 26.3 Å². The third-order valence-corrected chi connectivity index (χ3v) is 3.19. The third kappa shape index (κ3) is 2.72. The van der Waals surface area contributed by atoms with E-state index < -0.39 is 0 Å². The molecule has 0 spiro atoms. The molecule has 2 rings (SSSR count). The molecule has 1 heterocycles. The summed E-state index contributed by atoms with van der Waals surface area (Å²) in [6, 6.07) is 6.29. The van der Waals surface area contributed by atoms with Crippen molar-refractivity contribution in [3.05, 3.63) is 59.2 Å². The largest absolute Gasteiger partial charge is 0.271 e. The van der Waals surface area contributed by atoms with Gasteiger partial charge in [0, 0.05) is 12.4 Å². The smallest absolute Gasteiger partial charge is 0.0772 e. The molecule has 0 aliphatic heterocycles. The molecular formula is C14H18N4. The predicted molar refractivity (Wildman–Crippen MR) is 71.7 cm³/mol. The van der Waals surface area contributed by atoms with Crippen LogP contribution in [0.4, 0.5) is 0 Å². The maximum Gasteiger partial charge on any atom is 0.0772 e. The first-order valence-electron chi connectivity index (χ1n) is 5.99. The van der Waals surface area contributed by atoms with Crippen LogP contribution in [-0.4, -0.2) is 9.97 Å². The maximum atomic E-state index is 5.64. The van der Waals surface area contributed by atoms with Crippen molar-refractivity contribution < 1.29 is 0 Å². The Balaban J connectivity index is 2.26. The molecular weight excluding hydrogens is 224 g/mol. The van der Waals surface area contributed by atoms with Crippen molar-refractivity contribution in [3.8, 4) is 0 Å². The van der Waals surface area contributed by atoms with Gasteiger partial charge in [0.1, 0.15) is 0 Å². The second-order valence-electron chi connectivity index (χ2n) is 4.42. The lowest BCUT2D eigenvalue weighted by molar-refractivity contribution is 0.534. The Morgan fingerprint density at radius 1 is 1.22 bits per heavy atom. The summed E-state index contributed by atoms with van der Waals surface area (Å²) in [6.07, 6.45) is 5.91. The first-order valence-corrected chi connectivity index (χ1v) is 5.99. The van der Waals surface area contributed by atoms with E-state index in [9.17, 15) is 0 Å². The van der Waals surface area contributed by atoms with Gasteiger partial charge < -0.3 is 0 Å². The average Bonchev–Trinajstić information content (AvgIpc) is 2.40. The highest BCUT2D eigenvalue weighted by molar-refractivity contribution is 5.34. The van der Waals surface area contributed by atoms with Gasteiger partial charge in [-0.25, -0.2) is 0 Å². The Hall–Kier alpha value is -1.78. The topological polar surface area (TPSA) is 63.8 Å². The summed E-state index contributed by atoms with van der Waals surface area (Å²) in [7, 11) is 0. The van der Waals surface area contributed by atoms with Crippen LogP contribution in [0.15, 0.2) is 36.8 Å². The van der Waals surface area contributed by atoms with Crippen LogP contribution in [0.1, 0.15) is 28.4 Å². The van der Waals surface area contributed by atoms with Gasteiger partial charge in [0.2, 0.25) is 0 Å². The van der Waals surface area contributed by atoms with Gasteiger partial charge in [0.25, 0.3) is 0 Å².